The van der Waals surface area contributed by atoms with E-state index >= 15 is 0 Å². The predicted octanol–water partition coefficient (Wildman–Crippen LogP) is 5.08. The van der Waals surface area contributed by atoms with Gasteiger partial charge in [-0.25, -0.2) is 0 Å². The fourth-order valence-corrected chi connectivity index (χ4v) is 2.79. The highest BCUT2D eigenvalue weighted by molar-refractivity contribution is 14.1. The van der Waals surface area contributed by atoms with Crippen molar-refractivity contribution >= 4 is 22.6 Å². The zero-order valence-electron chi connectivity index (χ0n) is 9.22. The Labute approximate surface area is 106 Å². The monoisotopic (exact) mass is 312 g/mol. The molecule has 15 heavy (non-hydrogen) atoms. The van der Waals surface area contributed by atoms with Crippen LogP contribution in [0.3, 0.4) is 0 Å². The van der Waals surface area contributed by atoms with Gasteiger partial charge in [-0.2, -0.15) is 0 Å². The summed E-state index contributed by atoms with van der Waals surface area (Å²) in [6.45, 7) is 2.24. The fraction of sp³-hybridized carbons (Fsp3) is 0.429. The summed E-state index contributed by atoms with van der Waals surface area (Å²) in [5, 5.41) is 0. The molecule has 0 nitrogen and oxygen atoms in total. The normalized spacial score (nSPS) is 21.5. The molecule has 2 aliphatic rings. The maximum absolute atomic E-state index is 2.50. The Morgan fingerprint density at radius 2 is 2.00 bits per heavy atom. The smallest absolute Gasteiger partial charge is 0.00193 e. The van der Waals surface area contributed by atoms with Crippen molar-refractivity contribution in [2.24, 2.45) is 0 Å². The van der Waals surface area contributed by atoms with Crippen LogP contribution in [0.5, 0.6) is 0 Å². The zero-order chi connectivity index (χ0) is 10.7. The second kappa shape index (κ2) is 5.15. The van der Waals surface area contributed by atoms with Gasteiger partial charge in [-0.1, -0.05) is 29.9 Å². The SMILES string of the molecule is CC1=CCCC=C1CC1=C(I)CCC=C1. The van der Waals surface area contributed by atoms with Gasteiger partial charge in [0.25, 0.3) is 0 Å². The molecule has 0 aromatic carbocycles. The molecule has 0 fully saturated rings. The van der Waals surface area contributed by atoms with E-state index in [-0.39, 0.29) is 0 Å². The van der Waals surface area contributed by atoms with E-state index in [1.54, 1.807) is 3.58 Å². The average molecular weight is 312 g/mol. The van der Waals surface area contributed by atoms with E-state index in [2.05, 4.69) is 53.8 Å². The van der Waals surface area contributed by atoms with E-state index in [9.17, 15) is 0 Å². The van der Waals surface area contributed by atoms with Crippen molar-refractivity contribution in [3.05, 3.63) is 44.6 Å². The molecule has 0 unspecified atom stereocenters. The Hall–Kier alpha value is -0.310. The fourth-order valence-electron chi connectivity index (χ4n) is 2.11. The first-order valence-corrected chi connectivity index (χ1v) is 6.75. The van der Waals surface area contributed by atoms with Crippen molar-refractivity contribution in [1.82, 2.24) is 0 Å². The minimum Gasteiger partial charge on any atom is -0.0839 e. The molecule has 0 heterocycles. The van der Waals surface area contributed by atoms with Gasteiger partial charge in [-0.3, -0.25) is 0 Å². The molecule has 0 spiro atoms. The molecule has 0 saturated heterocycles. The molecule has 0 atom stereocenters. The summed E-state index contributed by atoms with van der Waals surface area (Å²) >= 11 is 2.50. The Morgan fingerprint density at radius 1 is 1.20 bits per heavy atom. The third-order valence-corrected chi connectivity index (χ3v) is 4.33. The highest BCUT2D eigenvalue weighted by atomic mass is 127. The molecule has 0 radical (unpaired) electrons. The largest absolute Gasteiger partial charge is 0.0839 e. The van der Waals surface area contributed by atoms with Gasteiger partial charge in [0.2, 0.25) is 0 Å². The van der Waals surface area contributed by atoms with Crippen molar-refractivity contribution < 1.29 is 0 Å². The van der Waals surface area contributed by atoms with Crippen LogP contribution in [-0.2, 0) is 0 Å². The van der Waals surface area contributed by atoms with Crippen LogP contribution in [0.4, 0.5) is 0 Å². The van der Waals surface area contributed by atoms with Crippen molar-refractivity contribution in [2.75, 3.05) is 0 Å². The maximum atomic E-state index is 2.50. The Bertz CT molecular complexity index is 367. The summed E-state index contributed by atoms with van der Waals surface area (Å²) in [5.74, 6) is 0. The molecule has 80 valence electrons. The average Bonchev–Trinajstić information content (AvgIpc) is 2.24. The number of rotatable bonds is 2. The molecule has 1 heteroatoms. The van der Waals surface area contributed by atoms with E-state index in [0.29, 0.717) is 0 Å². The first-order valence-electron chi connectivity index (χ1n) is 5.67. The molecule has 2 aliphatic carbocycles. The van der Waals surface area contributed by atoms with Crippen LogP contribution in [-0.4, -0.2) is 0 Å². The number of halogens is 1. The van der Waals surface area contributed by atoms with Crippen LogP contribution in [0.15, 0.2) is 44.6 Å². The van der Waals surface area contributed by atoms with Crippen molar-refractivity contribution in [1.29, 1.82) is 0 Å². The van der Waals surface area contributed by atoms with Crippen LogP contribution in [0.1, 0.15) is 39.0 Å². The molecule has 0 bridgehead atoms. The van der Waals surface area contributed by atoms with Crippen molar-refractivity contribution in [3.8, 4) is 0 Å². The molecular formula is C14H17I. The second-order valence-electron chi connectivity index (χ2n) is 4.24. The number of hydrogen-bond donors (Lipinski definition) is 0. The van der Waals surface area contributed by atoms with Gasteiger partial charge < -0.3 is 0 Å². The van der Waals surface area contributed by atoms with Crippen LogP contribution in [0, 0.1) is 0 Å². The lowest BCUT2D eigenvalue weighted by Gasteiger charge is -2.16. The van der Waals surface area contributed by atoms with Gasteiger partial charge in [0.1, 0.15) is 0 Å². The van der Waals surface area contributed by atoms with Crippen LogP contribution >= 0.6 is 22.6 Å². The van der Waals surface area contributed by atoms with Gasteiger partial charge in [0.15, 0.2) is 0 Å². The Morgan fingerprint density at radius 3 is 2.73 bits per heavy atom. The summed E-state index contributed by atoms with van der Waals surface area (Å²) in [4.78, 5) is 0. The summed E-state index contributed by atoms with van der Waals surface area (Å²) in [6.07, 6.45) is 15.4. The van der Waals surface area contributed by atoms with Gasteiger partial charge in [-0.05, 0) is 76.3 Å². The lowest BCUT2D eigenvalue weighted by atomic mass is 9.91. The molecule has 0 aromatic rings. The van der Waals surface area contributed by atoms with Gasteiger partial charge >= 0.3 is 0 Å². The van der Waals surface area contributed by atoms with E-state index in [0.717, 1.165) is 6.42 Å². The van der Waals surface area contributed by atoms with Crippen LogP contribution in [0.2, 0.25) is 0 Å². The molecule has 0 aliphatic heterocycles. The van der Waals surface area contributed by atoms with E-state index in [4.69, 9.17) is 0 Å². The van der Waals surface area contributed by atoms with E-state index < -0.39 is 0 Å². The van der Waals surface area contributed by atoms with Gasteiger partial charge in [0, 0.05) is 0 Å². The molecule has 0 saturated carbocycles. The summed E-state index contributed by atoms with van der Waals surface area (Å²) in [6, 6.07) is 0. The molecular weight excluding hydrogens is 295 g/mol. The first kappa shape index (κ1) is 11.2. The standard InChI is InChI=1S/C14H17I/c1-11-6-2-3-7-12(11)10-13-8-4-5-9-14(13)15/h4,6-8H,2-3,5,9-10H2,1H3. The highest BCUT2D eigenvalue weighted by Crippen LogP contribution is 2.32. The van der Waals surface area contributed by atoms with Gasteiger partial charge in [0.05, 0.1) is 0 Å². The van der Waals surface area contributed by atoms with E-state index in [1.807, 2.05) is 0 Å². The molecule has 0 N–H and O–H groups in total. The van der Waals surface area contributed by atoms with Crippen LogP contribution < -0.4 is 0 Å². The van der Waals surface area contributed by atoms with Crippen LogP contribution in [0.25, 0.3) is 0 Å². The highest BCUT2D eigenvalue weighted by Gasteiger charge is 2.10. The summed E-state index contributed by atoms with van der Waals surface area (Å²) in [7, 11) is 0. The lowest BCUT2D eigenvalue weighted by Crippen LogP contribution is -1.96. The summed E-state index contributed by atoms with van der Waals surface area (Å²) < 4.78 is 1.55. The molecule has 0 amide bonds. The number of hydrogen-bond acceptors (Lipinski definition) is 0. The maximum Gasteiger partial charge on any atom is -0.00193 e. The third kappa shape index (κ3) is 2.83. The predicted molar refractivity (Wildman–Crippen MR) is 75.1 cm³/mol. The molecule has 2 rings (SSSR count). The minimum atomic E-state index is 1.14. The lowest BCUT2D eigenvalue weighted by molar-refractivity contribution is 0.943. The minimum absolute atomic E-state index is 1.14. The third-order valence-electron chi connectivity index (χ3n) is 3.09. The molecule has 0 aromatic heterocycles. The summed E-state index contributed by atoms with van der Waals surface area (Å²) in [5.41, 5.74) is 4.55. The first-order chi connectivity index (χ1) is 7.27. The van der Waals surface area contributed by atoms with Crippen molar-refractivity contribution in [2.45, 2.75) is 39.0 Å². The topological polar surface area (TPSA) is 0 Å². The van der Waals surface area contributed by atoms with Gasteiger partial charge in [-0.15, -0.1) is 0 Å². The zero-order valence-corrected chi connectivity index (χ0v) is 11.4. The second-order valence-corrected chi connectivity index (χ2v) is 5.54. The quantitative estimate of drug-likeness (QED) is 0.624. The van der Waals surface area contributed by atoms with Crippen molar-refractivity contribution in [3.63, 3.8) is 0 Å². The Kier molecular flexibility index (Phi) is 3.84. The Balaban J connectivity index is 2.12. The number of allylic oxidation sites excluding steroid dienone is 8. The van der Waals surface area contributed by atoms with E-state index in [1.165, 1.54) is 42.4 Å².